The van der Waals surface area contributed by atoms with Crippen molar-refractivity contribution in [2.45, 2.75) is 19.3 Å². The van der Waals surface area contributed by atoms with E-state index >= 15 is 0 Å². The molecule has 21 heavy (non-hydrogen) atoms. The number of carbonyl (C=O) groups is 2. The molecular weight excluding hydrogens is 300 g/mol. The van der Waals surface area contributed by atoms with E-state index in [1.165, 1.54) is 25.6 Å². The smallest absolute Gasteiger partial charge is 0.309 e. The first-order chi connectivity index (χ1) is 9.82. The Bertz CT molecular complexity index is 478. The molecule has 0 aliphatic carbocycles. The third-order valence-corrected chi connectivity index (χ3v) is 5.45. The van der Waals surface area contributed by atoms with Crippen molar-refractivity contribution in [1.29, 1.82) is 0 Å². The van der Waals surface area contributed by atoms with Crippen LogP contribution >= 0.6 is 0 Å². The monoisotopic (exact) mass is 322 g/mol. The lowest BCUT2D eigenvalue weighted by molar-refractivity contribution is -0.146. The number of nitrogens with zero attached hydrogens (tertiary/aromatic N) is 2. The number of rotatable bonds is 6. The molecule has 1 aliphatic rings. The van der Waals surface area contributed by atoms with Crippen molar-refractivity contribution in [1.82, 2.24) is 8.61 Å². The Labute approximate surface area is 125 Å². The first-order valence-corrected chi connectivity index (χ1v) is 8.08. The first kappa shape index (κ1) is 17.9. The van der Waals surface area contributed by atoms with Gasteiger partial charge in [-0.2, -0.15) is 17.0 Å². The zero-order chi connectivity index (χ0) is 16.0. The van der Waals surface area contributed by atoms with Gasteiger partial charge < -0.3 is 9.47 Å². The molecule has 0 radical (unpaired) electrons. The maximum Gasteiger partial charge on any atom is 0.309 e. The molecule has 0 aromatic rings. The normalized spacial score (nSPS) is 20.3. The second kappa shape index (κ2) is 7.71. The van der Waals surface area contributed by atoms with Crippen LogP contribution in [-0.2, 0) is 29.3 Å². The predicted molar refractivity (Wildman–Crippen MR) is 74.5 cm³/mol. The fraction of sp³-hybridized carbons (Fsp3) is 0.833. The average molecular weight is 322 g/mol. The molecule has 1 unspecified atom stereocenters. The summed E-state index contributed by atoms with van der Waals surface area (Å²) < 4.78 is 36.3. The van der Waals surface area contributed by atoms with Crippen LogP contribution in [0.5, 0.6) is 0 Å². The molecule has 1 rings (SSSR count). The number of hydrogen-bond acceptors (Lipinski definition) is 6. The van der Waals surface area contributed by atoms with Crippen molar-refractivity contribution < 1.29 is 27.5 Å². The van der Waals surface area contributed by atoms with Crippen LogP contribution in [-0.4, -0.2) is 69.9 Å². The average Bonchev–Trinajstić information content (AvgIpc) is 2.51. The Morgan fingerprint density at radius 3 is 2.52 bits per heavy atom. The van der Waals surface area contributed by atoms with E-state index in [9.17, 15) is 18.0 Å². The highest BCUT2D eigenvalue weighted by Crippen LogP contribution is 2.21. The van der Waals surface area contributed by atoms with Gasteiger partial charge in [0.25, 0.3) is 10.2 Å². The summed E-state index contributed by atoms with van der Waals surface area (Å²) in [6.45, 7) is 0.504. The van der Waals surface area contributed by atoms with E-state index in [2.05, 4.69) is 9.47 Å². The minimum atomic E-state index is -3.69. The van der Waals surface area contributed by atoms with Crippen LogP contribution in [0.4, 0.5) is 0 Å². The van der Waals surface area contributed by atoms with Crippen molar-refractivity contribution in [2.24, 2.45) is 5.92 Å². The molecule has 0 N–H and O–H groups in total. The SMILES string of the molecule is COC(=O)CCN(C)S(=O)(=O)N1CCCC(C(=O)OC)C1. The topological polar surface area (TPSA) is 93.2 Å². The first-order valence-electron chi connectivity index (χ1n) is 6.69. The van der Waals surface area contributed by atoms with Gasteiger partial charge in [0.15, 0.2) is 0 Å². The molecule has 122 valence electrons. The van der Waals surface area contributed by atoms with Gasteiger partial charge >= 0.3 is 11.9 Å². The summed E-state index contributed by atoms with van der Waals surface area (Å²) in [5.41, 5.74) is 0. The zero-order valence-electron chi connectivity index (χ0n) is 12.6. The van der Waals surface area contributed by atoms with Gasteiger partial charge in [-0.1, -0.05) is 0 Å². The van der Waals surface area contributed by atoms with Gasteiger partial charge in [-0.3, -0.25) is 9.59 Å². The van der Waals surface area contributed by atoms with E-state index in [0.717, 1.165) is 4.31 Å². The molecule has 1 aliphatic heterocycles. The number of esters is 2. The van der Waals surface area contributed by atoms with Gasteiger partial charge in [0.1, 0.15) is 0 Å². The van der Waals surface area contributed by atoms with Crippen molar-refractivity contribution in [2.75, 3.05) is 40.9 Å². The van der Waals surface area contributed by atoms with Crippen LogP contribution in [0.3, 0.4) is 0 Å². The van der Waals surface area contributed by atoms with Crippen molar-refractivity contribution >= 4 is 22.1 Å². The summed E-state index contributed by atoms with van der Waals surface area (Å²) in [6.07, 6.45) is 1.20. The molecule has 1 fully saturated rings. The Kier molecular flexibility index (Phi) is 6.56. The highest BCUT2D eigenvalue weighted by atomic mass is 32.2. The molecule has 9 heteroatoms. The minimum absolute atomic E-state index is 0.0134. The van der Waals surface area contributed by atoms with Crippen molar-refractivity contribution in [3.63, 3.8) is 0 Å². The predicted octanol–water partition coefficient (Wildman–Crippen LogP) is -0.389. The molecular formula is C12H22N2O6S. The van der Waals surface area contributed by atoms with Crippen molar-refractivity contribution in [3.8, 4) is 0 Å². The maximum atomic E-state index is 12.4. The number of carbonyl (C=O) groups excluding carboxylic acids is 2. The van der Waals surface area contributed by atoms with Gasteiger partial charge in [0.2, 0.25) is 0 Å². The molecule has 1 saturated heterocycles. The third-order valence-electron chi connectivity index (χ3n) is 3.50. The molecule has 0 saturated carbocycles. The van der Waals surface area contributed by atoms with Crippen LogP contribution in [0.2, 0.25) is 0 Å². The van der Waals surface area contributed by atoms with Gasteiger partial charge in [-0.15, -0.1) is 0 Å². The maximum absolute atomic E-state index is 12.4. The standard InChI is InChI=1S/C12H22N2O6S/c1-13(8-6-11(15)19-2)21(17,18)14-7-4-5-10(9-14)12(16)20-3/h10H,4-9H2,1-3H3. The fourth-order valence-corrected chi connectivity index (χ4v) is 3.62. The molecule has 0 amide bonds. The summed E-state index contributed by atoms with van der Waals surface area (Å²) in [5, 5.41) is 0. The number of methoxy groups -OCH3 is 2. The largest absolute Gasteiger partial charge is 0.469 e. The highest BCUT2D eigenvalue weighted by molar-refractivity contribution is 7.86. The molecule has 1 atom stereocenters. The number of ether oxygens (including phenoxy) is 2. The van der Waals surface area contributed by atoms with E-state index in [1.54, 1.807) is 0 Å². The lowest BCUT2D eigenvalue weighted by Crippen LogP contribution is -2.48. The number of hydrogen-bond donors (Lipinski definition) is 0. The molecule has 1 heterocycles. The van der Waals surface area contributed by atoms with Gasteiger partial charge in [-0.05, 0) is 12.8 Å². The Balaban J connectivity index is 2.68. The van der Waals surface area contributed by atoms with E-state index < -0.39 is 28.1 Å². The molecule has 0 bridgehead atoms. The molecule has 0 aromatic heterocycles. The van der Waals surface area contributed by atoms with E-state index in [4.69, 9.17) is 0 Å². The fourth-order valence-electron chi connectivity index (χ4n) is 2.17. The van der Waals surface area contributed by atoms with Crippen molar-refractivity contribution in [3.05, 3.63) is 0 Å². The highest BCUT2D eigenvalue weighted by Gasteiger charge is 2.35. The zero-order valence-corrected chi connectivity index (χ0v) is 13.4. The Morgan fingerprint density at radius 1 is 1.29 bits per heavy atom. The van der Waals surface area contributed by atoms with E-state index in [0.29, 0.717) is 19.4 Å². The van der Waals surface area contributed by atoms with Crippen LogP contribution in [0.25, 0.3) is 0 Å². The minimum Gasteiger partial charge on any atom is -0.469 e. The third kappa shape index (κ3) is 4.65. The lowest BCUT2D eigenvalue weighted by atomic mass is 10.0. The van der Waals surface area contributed by atoms with Crippen LogP contribution in [0, 0.1) is 5.92 Å². The van der Waals surface area contributed by atoms with Crippen LogP contribution < -0.4 is 0 Å². The quantitative estimate of drug-likeness (QED) is 0.618. The van der Waals surface area contributed by atoms with E-state index in [1.807, 2.05) is 0 Å². The summed E-state index contributed by atoms with van der Waals surface area (Å²) in [4.78, 5) is 22.6. The molecule has 0 aromatic carbocycles. The summed E-state index contributed by atoms with van der Waals surface area (Å²) in [6, 6.07) is 0. The van der Waals surface area contributed by atoms with Crippen LogP contribution in [0.1, 0.15) is 19.3 Å². The Hall–Kier alpha value is -1.19. The second-order valence-corrected chi connectivity index (χ2v) is 6.91. The van der Waals surface area contributed by atoms with Gasteiger partial charge in [0, 0.05) is 26.7 Å². The Morgan fingerprint density at radius 2 is 1.95 bits per heavy atom. The second-order valence-electron chi connectivity index (χ2n) is 4.88. The molecule has 0 spiro atoms. The lowest BCUT2D eigenvalue weighted by Gasteiger charge is -2.33. The van der Waals surface area contributed by atoms with Crippen LogP contribution in [0.15, 0.2) is 0 Å². The van der Waals surface area contributed by atoms with Gasteiger partial charge in [-0.25, -0.2) is 0 Å². The number of piperidine rings is 1. The van der Waals surface area contributed by atoms with E-state index in [-0.39, 0.29) is 19.5 Å². The summed E-state index contributed by atoms with van der Waals surface area (Å²) in [5.74, 6) is -1.30. The summed E-state index contributed by atoms with van der Waals surface area (Å²) in [7, 11) is 0.256. The molecule has 8 nitrogen and oxygen atoms in total. The summed E-state index contributed by atoms with van der Waals surface area (Å²) >= 11 is 0. The van der Waals surface area contributed by atoms with Gasteiger partial charge in [0.05, 0.1) is 26.6 Å².